The fraction of sp³-hybridized carbons (Fsp3) is 0.538. The van der Waals surface area contributed by atoms with E-state index in [1.54, 1.807) is 0 Å². The molecular weight excluding hydrogens is 330 g/mol. The fourth-order valence-electron chi connectivity index (χ4n) is 1.75. The first-order valence-electron chi connectivity index (χ1n) is 5.66. The second-order valence-corrected chi connectivity index (χ2v) is 6.35. The van der Waals surface area contributed by atoms with Gasteiger partial charge in [-0.15, -0.1) is 0 Å². The molecule has 0 aromatic heterocycles. The highest BCUT2D eigenvalue weighted by Gasteiger charge is 2.11. The molecule has 0 radical (unpaired) electrons. The largest absolute Gasteiger partial charge is 0.313 e. The normalized spacial score (nSPS) is 13.1. The molecule has 0 heterocycles. The number of benzene rings is 1. The van der Waals surface area contributed by atoms with E-state index in [4.69, 9.17) is 0 Å². The van der Waals surface area contributed by atoms with E-state index < -0.39 is 0 Å². The Labute approximate surface area is 115 Å². The summed E-state index contributed by atoms with van der Waals surface area (Å²) in [7, 11) is 2.03. The first-order valence-corrected chi connectivity index (χ1v) is 7.24. The Morgan fingerprint density at radius 3 is 2.06 bits per heavy atom. The molecule has 90 valence electrons. The second kappa shape index (κ2) is 6.77. The van der Waals surface area contributed by atoms with Gasteiger partial charge in [-0.2, -0.15) is 0 Å². The minimum Gasteiger partial charge on any atom is -0.313 e. The lowest BCUT2D eigenvalue weighted by Gasteiger charge is -2.18. The lowest BCUT2D eigenvalue weighted by atomic mass is 9.98. The third kappa shape index (κ3) is 4.56. The van der Waals surface area contributed by atoms with E-state index in [2.05, 4.69) is 69.2 Å². The average molecular weight is 349 g/mol. The molecule has 0 amide bonds. The Morgan fingerprint density at radius 2 is 1.62 bits per heavy atom. The molecule has 3 heteroatoms. The molecule has 1 aromatic rings. The quantitative estimate of drug-likeness (QED) is 0.797. The molecular formula is C13H19Br2N. The van der Waals surface area contributed by atoms with Gasteiger partial charge in [0.15, 0.2) is 0 Å². The summed E-state index contributed by atoms with van der Waals surface area (Å²) in [6.07, 6.45) is 2.42. The molecule has 0 fully saturated rings. The number of nitrogens with one attached hydrogen (secondary N) is 1. The molecule has 0 spiro atoms. The standard InChI is InChI=1S/C13H19Br2N/c1-9(2)4-5-13(16-3)10-6-11(14)8-12(15)7-10/h6-9,13,16H,4-5H2,1-3H3. The van der Waals surface area contributed by atoms with Crippen LogP contribution in [-0.2, 0) is 0 Å². The van der Waals surface area contributed by atoms with Crippen LogP contribution in [0.4, 0.5) is 0 Å². The van der Waals surface area contributed by atoms with Crippen molar-refractivity contribution in [3.8, 4) is 0 Å². The molecule has 1 unspecified atom stereocenters. The highest BCUT2D eigenvalue weighted by atomic mass is 79.9. The number of rotatable bonds is 5. The van der Waals surface area contributed by atoms with Crippen molar-refractivity contribution < 1.29 is 0 Å². The van der Waals surface area contributed by atoms with E-state index in [0.29, 0.717) is 6.04 Å². The SMILES string of the molecule is CNC(CCC(C)C)c1cc(Br)cc(Br)c1. The topological polar surface area (TPSA) is 12.0 Å². The third-order valence-corrected chi connectivity index (χ3v) is 3.58. The molecule has 0 aliphatic carbocycles. The zero-order chi connectivity index (χ0) is 12.1. The maximum atomic E-state index is 3.53. The summed E-state index contributed by atoms with van der Waals surface area (Å²) >= 11 is 7.07. The van der Waals surface area contributed by atoms with Crippen LogP contribution >= 0.6 is 31.9 Å². The van der Waals surface area contributed by atoms with E-state index in [-0.39, 0.29) is 0 Å². The van der Waals surface area contributed by atoms with Crippen molar-refractivity contribution in [1.29, 1.82) is 0 Å². The van der Waals surface area contributed by atoms with Crippen LogP contribution in [0.1, 0.15) is 38.3 Å². The van der Waals surface area contributed by atoms with Gasteiger partial charge in [-0.3, -0.25) is 0 Å². The Balaban J connectivity index is 2.78. The van der Waals surface area contributed by atoms with E-state index in [1.807, 2.05) is 7.05 Å². The summed E-state index contributed by atoms with van der Waals surface area (Å²) in [6.45, 7) is 4.53. The smallest absolute Gasteiger partial charge is 0.0318 e. The fourth-order valence-corrected chi connectivity index (χ4v) is 3.08. The van der Waals surface area contributed by atoms with E-state index >= 15 is 0 Å². The lowest BCUT2D eigenvalue weighted by Crippen LogP contribution is -2.17. The van der Waals surface area contributed by atoms with E-state index in [9.17, 15) is 0 Å². The lowest BCUT2D eigenvalue weighted by molar-refractivity contribution is 0.465. The van der Waals surface area contributed by atoms with Gasteiger partial charge in [-0.1, -0.05) is 45.7 Å². The van der Waals surface area contributed by atoms with Gasteiger partial charge in [0, 0.05) is 15.0 Å². The molecule has 1 rings (SSSR count). The van der Waals surface area contributed by atoms with Gasteiger partial charge >= 0.3 is 0 Å². The first-order chi connectivity index (χ1) is 7.52. The van der Waals surface area contributed by atoms with Crippen molar-refractivity contribution in [2.45, 2.75) is 32.7 Å². The van der Waals surface area contributed by atoms with Crippen molar-refractivity contribution in [2.75, 3.05) is 7.05 Å². The molecule has 1 nitrogen and oxygen atoms in total. The Morgan fingerprint density at radius 1 is 1.06 bits per heavy atom. The van der Waals surface area contributed by atoms with Gasteiger partial charge < -0.3 is 5.32 Å². The predicted octanol–water partition coefficient (Wildman–Crippen LogP) is 4.91. The summed E-state index contributed by atoms with van der Waals surface area (Å²) in [5.41, 5.74) is 1.34. The molecule has 0 bridgehead atoms. The Hall–Kier alpha value is 0.140. The molecule has 0 saturated carbocycles. The summed E-state index contributed by atoms with van der Waals surface area (Å²) in [5.74, 6) is 0.756. The molecule has 1 N–H and O–H groups in total. The predicted molar refractivity (Wildman–Crippen MR) is 77.7 cm³/mol. The average Bonchev–Trinajstić information content (AvgIpc) is 2.16. The van der Waals surface area contributed by atoms with Crippen molar-refractivity contribution in [2.24, 2.45) is 5.92 Å². The van der Waals surface area contributed by atoms with Crippen molar-refractivity contribution >= 4 is 31.9 Å². The van der Waals surface area contributed by atoms with Crippen LogP contribution in [0.2, 0.25) is 0 Å². The van der Waals surface area contributed by atoms with Crippen LogP contribution in [0, 0.1) is 5.92 Å². The van der Waals surface area contributed by atoms with Gasteiger partial charge in [0.05, 0.1) is 0 Å². The summed E-state index contributed by atoms with van der Waals surface area (Å²) in [5, 5.41) is 3.39. The van der Waals surface area contributed by atoms with Gasteiger partial charge in [-0.05, 0) is 49.6 Å². The summed E-state index contributed by atoms with van der Waals surface area (Å²) in [4.78, 5) is 0. The maximum Gasteiger partial charge on any atom is 0.0318 e. The first kappa shape index (κ1) is 14.2. The number of halogens is 2. The zero-order valence-electron chi connectivity index (χ0n) is 10.1. The molecule has 16 heavy (non-hydrogen) atoms. The van der Waals surface area contributed by atoms with Crippen molar-refractivity contribution in [1.82, 2.24) is 5.32 Å². The highest BCUT2D eigenvalue weighted by Crippen LogP contribution is 2.27. The second-order valence-electron chi connectivity index (χ2n) is 4.52. The van der Waals surface area contributed by atoms with Crippen LogP contribution < -0.4 is 5.32 Å². The maximum absolute atomic E-state index is 3.53. The minimum atomic E-state index is 0.441. The van der Waals surface area contributed by atoms with Gasteiger partial charge in [-0.25, -0.2) is 0 Å². The number of hydrogen-bond donors (Lipinski definition) is 1. The van der Waals surface area contributed by atoms with Crippen molar-refractivity contribution in [3.63, 3.8) is 0 Å². The van der Waals surface area contributed by atoms with E-state index in [0.717, 1.165) is 14.9 Å². The number of hydrogen-bond acceptors (Lipinski definition) is 1. The highest BCUT2D eigenvalue weighted by molar-refractivity contribution is 9.11. The van der Waals surface area contributed by atoms with Crippen molar-refractivity contribution in [3.05, 3.63) is 32.7 Å². The monoisotopic (exact) mass is 347 g/mol. The minimum absolute atomic E-state index is 0.441. The van der Waals surface area contributed by atoms with Gasteiger partial charge in [0.1, 0.15) is 0 Å². The van der Waals surface area contributed by atoms with Gasteiger partial charge in [0.25, 0.3) is 0 Å². The molecule has 0 aliphatic heterocycles. The zero-order valence-corrected chi connectivity index (χ0v) is 13.2. The third-order valence-electron chi connectivity index (χ3n) is 2.67. The van der Waals surface area contributed by atoms with Crippen LogP contribution in [0.15, 0.2) is 27.1 Å². The summed E-state index contributed by atoms with van der Waals surface area (Å²) < 4.78 is 2.25. The van der Waals surface area contributed by atoms with Crippen LogP contribution in [-0.4, -0.2) is 7.05 Å². The molecule has 0 saturated heterocycles. The Kier molecular flexibility index (Phi) is 6.01. The van der Waals surface area contributed by atoms with Crippen LogP contribution in [0.3, 0.4) is 0 Å². The summed E-state index contributed by atoms with van der Waals surface area (Å²) in [6, 6.07) is 6.88. The van der Waals surface area contributed by atoms with Gasteiger partial charge in [0.2, 0.25) is 0 Å². The molecule has 0 aliphatic rings. The molecule has 1 aromatic carbocycles. The van der Waals surface area contributed by atoms with Crippen LogP contribution in [0.25, 0.3) is 0 Å². The van der Waals surface area contributed by atoms with E-state index in [1.165, 1.54) is 18.4 Å². The molecule has 1 atom stereocenters. The van der Waals surface area contributed by atoms with Crippen LogP contribution in [0.5, 0.6) is 0 Å². The Bertz CT molecular complexity index is 316.